The van der Waals surface area contributed by atoms with Crippen LogP contribution in [0.15, 0.2) is 53.3 Å². The van der Waals surface area contributed by atoms with E-state index in [1.807, 2.05) is 42.5 Å². The Morgan fingerprint density at radius 2 is 1.80 bits per heavy atom. The maximum atomic E-state index is 13.0. The molecule has 2 aromatic carbocycles. The highest BCUT2D eigenvalue weighted by atomic mass is 16.5. The number of hydrogen-bond acceptors (Lipinski definition) is 4. The summed E-state index contributed by atoms with van der Waals surface area (Å²) in [6, 6.07) is 14.3. The van der Waals surface area contributed by atoms with Crippen LogP contribution in [0.3, 0.4) is 0 Å². The van der Waals surface area contributed by atoms with Crippen LogP contribution in [0.1, 0.15) is 11.3 Å². The number of anilines is 1. The maximum absolute atomic E-state index is 13.0. The molecule has 0 saturated heterocycles. The second-order valence-electron chi connectivity index (χ2n) is 6.90. The van der Waals surface area contributed by atoms with Crippen LogP contribution in [0, 0.1) is 6.92 Å². The fraction of sp³-hybridized carbons (Fsp3) is 0.273. The first-order valence-electron chi connectivity index (χ1n) is 9.44. The second-order valence-corrected chi connectivity index (χ2v) is 6.90. The normalized spacial score (nSPS) is 10.6. The van der Waals surface area contributed by atoms with E-state index in [0.29, 0.717) is 23.7 Å². The molecule has 30 heavy (non-hydrogen) atoms. The van der Waals surface area contributed by atoms with Gasteiger partial charge in [-0.25, -0.2) is 9.48 Å². The summed E-state index contributed by atoms with van der Waals surface area (Å²) in [7, 11) is 6.59. The number of hydrogen-bond donors (Lipinski definition) is 1. The molecule has 0 aliphatic carbocycles. The Bertz CT molecular complexity index is 1100. The molecule has 0 aliphatic heterocycles. The van der Waals surface area contributed by atoms with Crippen LogP contribution >= 0.6 is 0 Å². The molecule has 1 heterocycles. The zero-order valence-electron chi connectivity index (χ0n) is 17.8. The highest BCUT2D eigenvalue weighted by Crippen LogP contribution is 2.25. The number of carbonyl (C=O) groups is 1. The van der Waals surface area contributed by atoms with Gasteiger partial charge in [-0.3, -0.25) is 9.48 Å². The summed E-state index contributed by atoms with van der Waals surface area (Å²) in [4.78, 5) is 27.3. The zero-order valence-corrected chi connectivity index (χ0v) is 17.8. The van der Waals surface area contributed by atoms with Crippen LogP contribution in [-0.2, 0) is 13.6 Å². The third-order valence-electron chi connectivity index (χ3n) is 5.03. The number of amides is 2. The summed E-state index contributed by atoms with van der Waals surface area (Å²) in [6.45, 7) is 2.10. The fourth-order valence-electron chi connectivity index (χ4n) is 3.22. The number of rotatable bonds is 6. The molecular weight excluding hydrogens is 384 g/mol. The third-order valence-corrected chi connectivity index (χ3v) is 5.03. The van der Waals surface area contributed by atoms with E-state index in [1.54, 1.807) is 46.0 Å². The van der Waals surface area contributed by atoms with Crippen molar-refractivity contribution in [1.29, 1.82) is 0 Å². The summed E-state index contributed by atoms with van der Waals surface area (Å²) in [5.74, 6) is 1.29. The molecule has 3 aromatic rings. The van der Waals surface area contributed by atoms with Crippen LogP contribution in [0.5, 0.6) is 11.5 Å². The van der Waals surface area contributed by atoms with Crippen LogP contribution in [0.2, 0.25) is 0 Å². The molecule has 0 unspecified atom stereocenters. The Morgan fingerprint density at radius 3 is 2.43 bits per heavy atom. The van der Waals surface area contributed by atoms with Crippen molar-refractivity contribution in [2.75, 3.05) is 26.6 Å². The minimum atomic E-state index is -0.390. The molecule has 0 radical (unpaired) electrons. The molecule has 0 bridgehead atoms. The first-order chi connectivity index (χ1) is 14.4. The van der Waals surface area contributed by atoms with Crippen molar-refractivity contribution in [3.63, 3.8) is 0 Å². The van der Waals surface area contributed by atoms with Gasteiger partial charge in [0.05, 0.1) is 32.1 Å². The van der Waals surface area contributed by atoms with Crippen molar-refractivity contribution in [3.05, 3.63) is 70.1 Å². The van der Waals surface area contributed by atoms with Gasteiger partial charge in [-0.05, 0) is 31.2 Å². The number of aromatic nitrogens is 2. The largest absolute Gasteiger partial charge is 0.497 e. The van der Waals surface area contributed by atoms with Gasteiger partial charge in [0.2, 0.25) is 0 Å². The predicted molar refractivity (Wildman–Crippen MR) is 116 cm³/mol. The van der Waals surface area contributed by atoms with Gasteiger partial charge in [-0.1, -0.05) is 18.2 Å². The summed E-state index contributed by atoms with van der Waals surface area (Å²) in [5, 5.41) is 2.76. The fourth-order valence-corrected chi connectivity index (χ4v) is 3.22. The number of nitrogens with one attached hydrogen (secondary N) is 1. The summed E-state index contributed by atoms with van der Waals surface area (Å²) in [6.07, 6.45) is 0. The monoisotopic (exact) mass is 410 g/mol. The maximum Gasteiger partial charge on any atom is 0.322 e. The van der Waals surface area contributed by atoms with Crippen molar-refractivity contribution < 1.29 is 14.3 Å². The van der Waals surface area contributed by atoms with E-state index in [-0.39, 0.29) is 17.3 Å². The van der Waals surface area contributed by atoms with E-state index in [2.05, 4.69) is 5.32 Å². The van der Waals surface area contributed by atoms with E-state index < -0.39 is 0 Å². The average molecular weight is 410 g/mol. The minimum absolute atomic E-state index is 0.250. The van der Waals surface area contributed by atoms with Crippen molar-refractivity contribution in [3.8, 4) is 17.2 Å². The highest BCUT2D eigenvalue weighted by molar-refractivity contribution is 5.89. The van der Waals surface area contributed by atoms with Crippen molar-refractivity contribution >= 4 is 11.7 Å². The van der Waals surface area contributed by atoms with Gasteiger partial charge in [-0.2, -0.15) is 0 Å². The topological polar surface area (TPSA) is 77.7 Å². The lowest BCUT2D eigenvalue weighted by Gasteiger charge is -2.19. The molecule has 0 atom stereocenters. The van der Waals surface area contributed by atoms with Gasteiger partial charge >= 0.3 is 6.03 Å². The Labute approximate surface area is 175 Å². The molecule has 0 saturated carbocycles. The van der Waals surface area contributed by atoms with Crippen molar-refractivity contribution in [1.82, 2.24) is 14.3 Å². The number of para-hydroxylation sites is 1. The molecule has 1 aromatic heterocycles. The average Bonchev–Trinajstić information content (AvgIpc) is 2.97. The molecule has 3 rings (SSSR count). The highest BCUT2D eigenvalue weighted by Gasteiger charge is 2.20. The summed E-state index contributed by atoms with van der Waals surface area (Å²) in [5.41, 5.74) is 2.17. The molecule has 0 spiro atoms. The Kier molecular flexibility index (Phi) is 6.15. The van der Waals surface area contributed by atoms with Crippen molar-refractivity contribution in [2.24, 2.45) is 7.05 Å². The predicted octanol–water partition coefficient (Wildman–Crippen LogP) is 3.17. The molecule has 158 valence electrons. The first-order valence-corrected chi connectivity index (χ1v) is 9.44. The second kappa shape index (κ2) is 8.77. The molecular formula is C22H26N4O4. The van der Waals surface area contributed by atoms with Crippen LogP contribution in [0.25, 0.3) is 5.69 Å². The quantitative estimate of drug-likeness (QED) is 0.677. The van der Waals surface area contributed by atoms with Gasteiger partial charge in [0.25, 0.3) is 5.56 Å². The van der Waals surface area contributed by atoms with Gasteiger partial charge in [-0.15, -0.1) is 0 Å². The molecule has 1 N–H and O–H groups in total. The standard InChI is InChI=1S/C22H26N4O4/c1-15-20(21(27)26(25(15)3)17-9-7-6-8-10-17)23-22(28)24(2)14-16-11-12-18(29-4)13-19(16)30-5/h6-13H,14H2,1-5H3,(H,23,28). The number of urea groups is 1. The van der Waals surface area contributed by atoms with E-state index >= 15 is 0 Å². The summed E-state index contributed by atoms with van der Waals surface area (Å²) >= 11 is 0. The number of nitrogens with zero attached hydrogens (tertiary/aromatic N) is 3. The number of carbonyl (C=O) groups excluding carboxylic acids is 1. The molecule has 0 aliphatic rings. The number of benzene rings is 2. The smallest absolute Gasteiger partial charge is 0.322 e. The minimum Gasteiger partial charge on any atom is -0.497 e. The lowest BCUT2D eigenvalue weighted by atomic mass is 10.2. The SMILES string of the molecule is COc1ccc(CN(C)C(=O)Nc2c(C)n(C)n(-c3ccccc3)c2=O)c(OC)c1. The lowest BCUT2D eigenvalue weighted by Crippen LogP contribution is -2.33. The van der Waals surface area contributed by atoms with E-state index in [9.17, 15) is 9.59 Å². The zero-order chi connectivity index (χ0) is 21.8. The molecule has 8 nitrogen and oxygen atoms in total. The first kappa shape index (κ1) is 21.0. The van der Waals surface area contributed by atoms with Crippen LogP contribution in [0.4, 0.5) is 10.5 Å². The van der Waals surface area contributed by atoms with Crippen LogP contribution in [-0.4, -0.2) is 41.6 Å². The van der Waals surface area contributed by atoms with E-state index in [4.69, 9.17) is 9.47 Å². The van der Waals surface area contributed by atoms with Crippen LogP contribution < -0.4 is 20.3 Å². The van der Waals surface area contributed by atoms with Gasteiger partial charge in [0, 0.05) is 25.7 Å². The van der Waals surface area contributed by atoms with Gasteiger partial charge in [0.1, 0.15) is 17.2 Å². The Morgan fingerprint density at radius 1 is 1.10 bits per heavy atom. The summed E-state index contributed by atoms with van der Waals surface area (Å²) < 4.78 is 13.9. The lowest BCUT2D eigenvalue weighted by molar-refractivity contribution is 0.220. The van der Waals surface area contributed by atoms with E-state index in [0.717, 1.165) is 11.3 Å². The Hall–Kier alpha value is -3.68. The van der Waals surface area contributed by atoms with Gasteiger partial charge < -0.3 is 19.7 Å². The van der Waals surface area contributed by atoms with E-state index in [1.165, 1.54) is 9.58 Å². The molecule has 2 amide bonds. The Balaban J connectivity index is 1.82. The molecule has 0 fully saturated rings. The van der Waals surface area contributed by atoms with Crippen molar-refractivity contribution in [2.45, 2.75) is 13.5 Å². The third kappa shape index (κ3) is 4.03. The number of methoxy groups -OCH3 is 2. The van der Waals surface area contributed by atoms with Gasteiger partial charge in [0.15, 0.2) is 0 Å². The number of ether oxygens (including phenoxy) is 2. The molecule has 8 heteroatoms.